The maximum Gasteiger partial charge on any atom is 0.341 e. The quantitative estimate of drug-likeness (QED) is 0.475. The molecule has 0 amide bonds. The molecule has 0 aliphatic rings. The molecule has 0 saturated carbocycles. The van der Waals surface area contributed by atoms with Crippen molar-refractivity contribution in [3.63, 3.8) is 0 Å². The van der Waals surface area contributed by atoms with Gasteiger partial charge in [-0.1, -0.05) is 27.5 Å². The van der Waals surface area contributed by atoms with Crippen LogP contribution < -0.4 is 0 Å². The van der Waals surface area contributed by atoms with Gasteiger partial charge in [0.15, 0.2) is 11.0 Å². The van der Waals surface area contributed by atoms with Gasteiger partial charge in [0.25, 0.3) is 0 Å². The Bertz CT molecular complexity index is 373. The Hall–Kier alpha value is -0.680. The van der Waals surface area contributed by atoms with Crippen molar-refractivity contribution in [1.29, 1.82) is 0 Å². The molecule has 0 aliphatic carbocycles. The molecule has 0 fully saturated rings. The van der Waals surface area contributed by atoms with Crippen LogP contribution in [0.2, 0.25) is 5.15 Å². The number of alkyl halides is 1. The summed E-state index contributed by atoms with van der Waals surface area (Å²) in [6, 6.07) is 0. The van der Waals surface area contributed by atoms with E-state index in [9.17, 15) is 9.18 Å². The molecule has 76 valence electrons. The van der Waals surface area contributed by atoms with Crippen molar-refractivity contribution in [2.24, 2.45) is 0 Å². The highest BCUT2D eigenvalue weighted by Gasteiger charge is 2.20. The molecule has 6 heteroatoms. The van der Waals surface area contributed by atoms with E-state index in [1.807, 2.05) is 0 Å². The molecule has 0 N–H and O–H groups in total. The molecule has 1 aromatic rings. The average Bonchev–Trinajstić information content (AvgIpc) is 2.20. The molecule has 1 aromatic heterocycles. The number of methoxy groups -OCH3 is 1. The SMILES string of the molecule is COC(=O)c1c(CBr)cnc(Cl)c1F. The summed E-state index contributed by atoms with van der Waals surface area (Å²) in [5.41, 5.74) is 0.225. The second kappa shape index (κ2) is 4.70. The number of nitrogens with zero attached hydrogens (tertiary/aromatic N) is 1. The Morgan fingerprint density at radius 3 is 2.93 bits per heavy atom. The first kappa shape index (κ1) is 11.4. The molecular formula is C8H6BrClFNO2. The maximum atomic E-state index is 13.4. The lowest BCUT2D eigenvalue weighted by molar-refractivity contribution is 0.0594. The molecule has 0 aromatic carbocycles. The third-order valence-corrected chi connectivity index (χ3v) is 2.46. The van der Waals surface area contributed by atoms with Gasteiger partial charge in [-0.15, -0.1) is 0 Å². The molecular weight excluding hydrogens is 276 g/mol. The van der Waals surface area contributed by atoms with Crippen LogP contribution >= 0.6 is 27.5 Å². The van der Waals surface area contributed by atoms with Gasteiger partial charge in [-0.25, -0.2) is 14.2 Å². The summed E-state index contributed by atoms with van der Waals surface area (Å²) in [6.45, 7) is 0. The highest BCUT2D eigenvalue weighted by molar-refractivity contribution is 9.08. The third-order valence-electron chi connectivity index (χ3n) is 1.59. The summed E-state index contributed by atoms with van der Waals surface area (Å²) in [5, 5.41) is -0.0338. The minimum Gasteiger partial charge on any atom is -0.465 e. The van der Waals surface area contributed by atoms with Crippen LogP contribution in [0.25, 0.3) is 0 Å². The number of carbonyl (C=O) groups excluding carboxylic acids is 1. The number of carbonyl (C=O) groups is 1. The van der Waals surface area contributed by atoms with E-state index in [1.54, 1.807) is 0 Å². The molecule has 0 aliphatic heterocycles. The van der Waals surface area contributed by atoms with Gasteiger partial charge in [0.2, 0.25) is 0 Å². The Morgan fingerprint density at radius 1 is 1.79 bits per heavy atom. The molecule has 14 heavy (non-hydrogen) atoms. The Morgan fingerprint density at radius 2 is 2.43 bits per heavy atom. The molecule has 0 radical (unpaired) electrons. The number of pyridine rings is 1. The van der Waals surface area contributed by atoms with E-state index >= 15 is 0 Å². The fourth-order valence-electron chi connectivity index (χ4n) is 0.924. The van der Waals surface area contributed by atoms with Crippen LogP contribution in [-0.2, 0) is 10.1 Å². The monoisotopic (exact) mass is 281 g/mol. The molecule has 0 saturated heterocycles. The lowest BCUT2D eigenvalue weighted by Crippen LogP contribution is -2.09. The van der Waals surface area contributed by atoms with Crippen LogP contribution in [0.3, 0.4) is 0 Å². The predicted molar refractivity (Wildman–Crippen MR) is 53.2 cm³/mol. The van der Waals surface area contributed by atoms with Crippen LogP contribution in [0.5, 0.6) is 0 Å². The zero-order valence-corrected chi connectivity index (χ0v) is 9.52. The van der Waals surface area contributed by atoms with Gasteiger partial charge in [-0.05, 0) is 5.56 Å². The van der Waals surface area contributed by atoms with Gasteiger partial charge in [0.05, 0.1) is 7.11 Å². The lowest BCUT2D eigenvalue weighted by atomic mass is 10.1. The Kier molecular flexibility index (Phi) is 3.83. The van der Waals surface area contributed by atoms with Crippen molar-refractivity contribution < 1.29 is 13.9 Å². The molecule has 3 nitrogen and oxygen atoms in total. The first-order chi connectivity index (χ1) is 6.61. The predicted octanol–water partition coefficient (Wildman–Crippen LogP) is 2.56. The van der Waals surface area contributed by atoms with Crippen molar-refractivity contribution in [2.75, 3.05) is 7.11 Å². The smallest absolute Gasteiger partial charge is 0.341 e. The zero-order valence-electron chi connectivity index (χ0n) is 7.18. The lowest BCUT2D eigenvalue weighted by Gasteiger charge is -2.06. The van der Waals surface area contributed by atoms with Crippen LogP contribution in [0.1, 0.15) is 15.9 Å². The standard InChI is InChI=1S/C8H6BrClFNO2/c1-14-8(13)5-4(2-9)3-12-7(10)6(5)11/h3H,2H2,1H3. The molecule has 0 bridgehead atoms. The van der Waals surface area contributed by atoms with Crippen molar-refractivity contribution >= 4 is 33.5 Å². The Balaban J connectivity index is 3.35. The molecule has 0 unspecified atom stereocenters. The van der Waals surface area contributed by atoms with Crippen molar-refractivity contribution in [2.45, 2.75) is 5.33 Å². The minimum absolute atomic E-state index is 0.177. The molecule has 1 heterocycles. The largest absolute Gasteiger partial charge is 0.465 e. The number of hydrogen-bond acceptors (Lipinski definition) is 3. The summed E-state index contributed by atoms with van der Waals surface area (Å²) in [7, 11) is 1.17. The first-order valence-electron chi connectivity index (χ1n) is 3.59. The van der Waals surface area contributed by atoms with E-state index in [1.165, 1.54) is 13.3 Å². The van der Waals surface area contributed by atoms with E-state index in [4.69, 9.17) is 11.6 Å². The normalized spacial score (nSPS) is 10.0. The van der Waals surface area contributed by atoms with Gasteiger partial charge in [-0.2, -0.15) is 0 Å². The van der Waals surface area contributed by atoms with Gasteiger partial charge in [-0.3, -0.25) is 0 Å². The fourth-order valence-corrected chi connectivity index (χ4v) is 1.49. The van der Waals surface area contributed by atoms with Crippen LogP contribution in [-0.4, -0.2) is 18.1 Å². The van der Waals surface area contributed by atoms with E-state index in [0.29, 0.717) is 10.9 Å². The van der Waals surface area contributed by atoms with Gasteiger partial charge in [0, 0.05) is 11.5 Å². The van der Waals surface area contributed by atoms with Gasteiger partial charge >= 0.3 is 5.97 Å². The topological polar surface area (TPSA) is 39.2 Å². The van der Waals surface area contributed by atoms with E-state index in [2.05, 4.69) is 25.7 Å². The Labute approximate surface area is 93.4 Å². The zero-order chi connectivity index (χ0) is 10.7. The minimum atomic E-state index is -0.851. The summed E-state index contributed by atoms with van der Waals surface area (Å²) >= 11 is 8.54. The average molecular weight is 282 g/mol. The summed E-state index contributed by atoms with van der Waals surface area (Å²) < 4.78 is 17.8. The number of hydrogen-bond donors (Lipinski definition) is 0. The van der Waals surface area contributed by atoms with E-state index in [-0.39, 0.29) is 10.7 Å². The second-order valence-electron chi connectivity index (χ2n) is 2.39. The fraction of sp³-hybridized carbons (Fsp3) is 0.250. The number of aromatic nitrogens is 1. The maximum absolute atomic E-state index is 13.4. The number of rotatable bonds is 2. The highest BCUT2D eigenvalue weighted by atomic mass is 79.9. The molecule has 0 atom stereocenters. The van der Waals surface area contributed by atoms with Crippen LogP contribution in [0.15, 0.2) is 6.20 Å². The second-order valence-corrected chi connectivity index (χ2v) is 3.31. The number of halogens is 3. The number of ether oxygens (including phenoxy) is 1. The van der Waals surface area contributed by atoms with E-state index < -0.39 is 11.8 Å². The van der Waals surface area contributed by atoms with Gasteiger partial charge in [0.1, 0.15) is 5.56 Å². The van der Waals surface area contributed by atoms with Crippen LogP contribution in [0, 0.1) is 5.82 Å². The summed E-state index contributed by atoms with van der Waals surface area (Å²) in [5.74, 6) is -1.61. The van der Waals surface area contributed by atoms with Crippen molar-refractivity contribution in [3.05, 3.63) is 28.3 Å². The van der Waals surface area contributed by atoms with Crippen molar-refractivity contribution in [3.8, 4) is 0 Å². The number of esters is 1. The third kappa shape index (κ3) is 2.04. The van der Waals surface area contributed by atoms with Gasteiger partial charge < -0.3 is 4.74 Å². The molecule has 0 spiro atoms. The summed E-state index contributed by atoms with van der Waals surface area (Å²) in [6.07, 6.45) is 1.33. The molecule has 1 rings (SSSR count). The van der Waals surface area contributed by atoms with Crippen molar-refractivity contribution in [1.82, 2.24) is 4.98 Å². The van der Waals surface area contributed by atoms with Crippen LogP contribution in [0.4, 0.5) is 4.39 Å². The summed E-state index contributed by atoms with van der Waals surface area (Å²) in [4.78, 5) is 14.8. The van der Waals surface area contributed by atoms with E-state index in [0.717, 1.165) is 0 Å². The first-order valence-corrected chi connectivity index (χ1v) is 5.09. The highest BCUT2D eigenvalue weighted by Crippen LogP contribution is 2.21.